The van der Waals surface area contributed by atoms with Crippen LogP contribution in [0.1, 0.15) is 5.56 Å². The third-order valence-corrected chi connectivity index (χ3v) is 15.0. The Bertz CT molecular complexity index is 3890. The fourth-order valence-corrected chi connectivity index (χ4v) is 12.6. The van der Waals surface area contributed by atoms with Crippen molar-refractivity contribution in [2.75, 3.05) is 0 Å². The monoisotopic (exact) mass is 822 g/mol. The zero-order chi connectivity index (χ0) is 41.1. The van der Waals surface area contributed by atoms with Gasteiger partial charge in [0.05, 0.1) is 45.6 Å². The average molecular weight is 823 g/mol. The van der Waals surface area contributed by atoms with Crippen LogP contribution < -0.4 is 0 Å². The number of benzene rings is 9. The first-order chi connectivity index (χ1) is 30.7. The molecular formula is C56H30N4S2. The molecule has 0 saturated heterocycles. The summed E-state index contributed by atoms with van der Waals surface area (Å²) in [6, 6.07) is 66.5. The van der Waals surface area contributed by atoms with Crippen molar-refractivity contribution in [2.45, 2.75) is 0 Å². The maximum atomic E-state index is 11.7. The topological polar surface area (TPSA) is 38.0 Å². The number of hydrogen-bond acceptors (Lipinski definition) is 3. The van der Waals surface area contributed by atoms with E-state index in [1.54, 1.807) is 0 Å². The molecule has 0 aliphatic carbocycles. The van der Waals surface area contributed by atoms with Gasteiger partial charge >= 0.3 is 0 Å². The van der Waals surface area contributed by atoms with Crippen LogP contribution in [0, 0.1) is 17.9 Å². The van der Waals surface area contributed by atoms with Crippen molar-refractivity contribution in [1.29, 1.82) is 5.26 Å². The Morgan fingerprint density at radius 2 is 0.855 bits per heavy atom. The van der Waals surface area contributed by atoms with Crippen molar-refractivity contribution in [2.24, 2.45) is 0 Å². The summed E-state index contributed by atoms with van der Waals surface area (Å²) in [5, 5.41) is 21.2. The Balaban J connectivity index is 1.30. The SMILES string of the molecule is [C-]#[N+]c1c(-c2ccccc2)c(C#N)c(-n2c3ccccc3c3c4sc5ccccc5c4ccc32)c(-c2ccccc2)c1-n1c2ccccc2c2c3sc4ccccc4c3ccc21. The first kappa shape index (κ1) is 34.8. The average Bonchev–Trinajstić information content (AvgIpc) is 4.09. The number of nitriles is 1. The van der Waals surface area contributed by atoms with Crippen molar-refractivity contribution in [1.82, 2.24) is 9.13 Å². The van der Waals surface area contributed by atoms with Gasteiger partial charge in [0.15, 0.2) is 0 Å². The molecular weight excluding hydrogens is 793 g/mol. The number of hydrogen-bond donors (Lipinski definition) is 0. The standard InChI is InChI=1S/C56H30N4S2/c1-58-52-48(33-16-4-2-5-17-33)41(32-57)53(59-42-24-12-8-22-39(42)50-44(59)30-28-37-35-20-10-14-26-46(35)61-55(37)50)49(34-18-6-3-7-19-34)54(52)60-43-25-13-9-23-40(43)51-45(60)31-29-38-36-21-11-15-27-47(36)62-56(38)51/h2-31H. The minimum atomic E-state index is 0.433. The van der Waals surface area contributed by atoms with Crippen molar-refractivity contribution in [3.63, 3.8) is 0 Å². The molecule has 9 aromatic carbocycles. The number of aromatic nitrogens is 2. The summed E-state index contributed by atoms with van der Waals surface area (Å²) in [5.41, 5.74) is 9.58. The molecule has 0 atom stereocenters. The number of fused-ring (bicyclic) bond motifs is 14. The molecule has 6 heteroatoms. The van der Waals surface area contributed by atoms with Gasteiger partial charge in [0.2, 0.25) is 5.69 Å². The maximum Gasteiger partial charge on any atom is 0.220 e. The molecule has 4 aromatic heterocycles. The summed E-state index contributed by atoms with van der Waals surface area (Å²) < 4.78 is 9.55. The molecule has 0 aliphatic rings. The molecule has 0 unspecified atom stereocenters. The van der Waals surface area contributed by atoms with Gasteiger partial charge in [-0.25, -0.2) is 4.85 Å². The van der Waals surface area contributed by atoms with Crippen molar-refractivity contribution < 1.29 is 0 Å². The highest BCUT2D eigenvalue weighted by Gasteiger charge is 2.32. The maximum absolute atomic E-state index is 11.7. The molecule has 0 radical (unpaired) electrons. The molecule has 0 bridgehead atoms. The van der Waals surface area contributed by atoms with Crippen LogP contribution in [0.5, 0.6) is 0 Å². The van der Waals surface area contributed by atoms with Crippen LogP contribution in [0.25, 0.3) is 122 Å². The molecule has 4 nitrogen and oxygen atoms in total. The number of nitrogens with zero attached hydrogens (tertiary/aromatic N) is 4. The third kappa shape index (κ3) is 4.68. The Morgan fingerprint density at radius 3 is 1.35 bits per heavy atom. The van der Waals surface area contributed by atoms with Gasteiger partial charge in [-0.3, -0.25) is 0 Å². The fourth-order valence-electron chi connectivity index (χ4n) is 10.1. The van der Waals surface area contributed by atoms with Crippen LogP contribution in [-0.4, -0.2) is 9.13 Å². The lowest BCUT2D eigenvalue weighted by molar-refractivity contribution is 1.13. The highest BCUT2D eigenvalue weighted by Crippen LogP contribution is 2.54. The zero-order valence-electron chi connectivity index (χ0n) is 32.9. The van der Waals surface area contributed by atoms with E-state index in [1.807, 2.05) is 59.1 Å². The Hall–Kier alpha value is -8.00. The summed E-state index contributed by atoms with van der Waals surface area (Å²) >= 11 is 3.63. The number of rotatable bonds is 4. The van der Waals surface area contributed by atoms with E-state index in [-0.39, 0.29) is 0 Å². The van der Waals surface area contributed by atoms with Gasteiger partial charge in [-0.15, -0.1) is 22.7 Å². The minimum absolute atomic E-state index is 0.433. The first-order valence-corrected chi connectivity index (χ1v) is 22.2. The molecule has 0 spiro atoms. The van der Waals surface area contributed by atoms with E-state index in [1.165, 1.54) is 40.3 Å². The van der Waals surface area contributed by atoms with E-state index < -0.39 is 0 Å². The molecule has 0 fully saturated rings. The van der Waals surface area contributed by atoms with E-state index in [4.69, 9.17) is 0 Å². The lowest BCUT2D eigenvalue weighted by Gasteiger charge is -2.25. The van der Waals surface area contributed by atoms with Gasteiger partial charge in [-0.2, -0.15) is 5.26 Å². The predicted octanol–water partition coefficient (Wildman–Crippen LogP) is 16.4. The van der Waals surface area contributed by atoms with E-state index in [0.29, 0.717) is 16.8 Å². The van der Waals surface area contributed by atoms with E-state index in [9.17, 15) is 11.8 Å². The van der Waals surface area contributed by atoms with E-state index in [0.717, 1.165) is 71.7 Å². The molecule has 62 heavy (non-hydrogen) atoms. The second kappa shape index (κ2) is 13.3. The lowest BCUT2D eigenvalue weighted by atomic mass is 9.88. The van der Waals surface area contributed by atoms with Gasteiger partial charge in [0.1, 0.15) is 6.07 Å². The quantitative estimate of drug-likeness (QED) is 0.163. The molecule has 0 N–H and O–H groups in total. The Kier molecular flexibility index (Phi) is 7.44. The third-order valence-electron chi connectivity index (χ3n) is 12.6. The van der Waals surface area contributed by atoms with Gasteiger partial charge in [-0.05, 0) is 47.5 Å². The van der Waals surface area contributed by atoms with Gasteiger partial charge in [-0.1, -0.05) is 146 Å². The highest BCUT2D eigenvalue weighted by atomic mass is 32.1. The number of para-hydroxylation sites is 2. The summed E-state index contributed by atoms with van der Waals surface area (Å²) in [5.74, 6) is 0. The predicted molar refractivity (Wildman–Crippen MR) is 263 cm³/mol. The van der Waals surface area contributed by atoms with Crippen molar-refractivity contribution in [3.05, 3.63) is 199 Å². The molecule has 4 heterocycles. The molecule has 0 amide bonds. The molecule has 13 rings (SSSR count). The van der Waals surface area contributed by atoms with Crippen LogP contribution in [0.15, 0.2) is 182 Å². The van der Waals surface area contributed by atoms with Crippen molar-refractivity contribution >= 4 is 112 Å². The smallest absolute Gasteiger partial charge is 0.220 e. The van der Waals surface area contributed by atoms with E-state index >= 15 is 0 Å². The molecule has 13 aromatic rings. The second-order valence-corrected chi connectivity index (χ2v) is 17.8. The van der Waals surface area contributed by atoms with Crippen LogP contribution in [0.4, 0.5) is 5.69 Å². The van der Waals surface area contributed by atoms with Gasteiger partial charge in [0, 0.05) is 73.0 Å². The van der Waals surface area contributed by atoms with Crippen LogP contribution in [0.3, 0.4) is 0 Å². The van der Waals surface area contributed by atoms with Crippen LogP contribution in [-0.2, 0) is 0 Å². The molecule has 0 aliphatic heterocycles. The lowest BCUT2D eigenvalue weighted by Crippen LogP contribution is -2.08. The normalized spacial score (nSPS) is 11.8. The molecule has 0 saturated carbocycles. The molecule has 286 valence electrons. The highest BCUT2D eigenvalue weighted by molar-refractivity contribution is 7.27. The second-order valence-electron chi connectivity index (χ2n) is 15.7. The summed E-state index contributed by atoms with van der Waals surface area (Å²) in [7, 11) is 0. The Labute approximate surface area is 363 Å². The minimum Gasteiger partial charge on any atom is -0.318 e. The first-order valence-electron chi connectivity index (χ1n) is 20.5. The number of thiophene rings is 2. The Morgan fingerprint density at radius 1 is 0.419 bits per heavy atom. The zero-order valence-corrected chi connectivity index (χ0v) is 34.6. The van der Waals surface area contributed by atoms with Crippen LogP contribution >= 0.6 is 22.7 Å². The van der Waals surface area contributed by atoms with Crippen LogP contribution in [0.2, 0.25) is 0 Å². The van der Waals surface area contributed by atoms with Crippen molar-refractivity contribution in [3.8, 4) is 39.7 Å². The summed E-state index contributed by atoms with van der Waals surface area (Å²) in [6.07, 6.45) is 0. The summed E-state index contributed by atoms with van der Waals surface area (Å²) in [4.78, 5) is 4.49. The van der Waals surface area contributed by atoms with Gasteiger partial charge in [0.25, 0.3) is 0 Å². The van der Waals surface area contributed by atoms with E-state index in [2.05, 4.69) is 166 Å². The fraction of sp³-hybridized carbons (Fsp3) is 0. The largest absolute Gasteiger partial charge is 0.318 e. The summed E-state index contributed by atoms with van der Waals surface area (Å²) in [6.45, 7) is 9.18. The van der Waals surface area contributed by atoms with Gasteiger partial charge < -0.3 is 9.13 Å².